The molecule has 2 rings (SSSR count). The number of hydrogen-bond donors (Lipinski definition) is 1. The molecular formula is C17H31NO2S. The standard InChI is InChI=1S/C17H31NO2S/c1-16(2,3)12-14(18)10-15(19)13-4-7-20-17(11-13)5-8-21-9-6-17/h13-14H,4-12,18H2,1-3H3. The summed E-state index contributed by atoms with van der Waals surface area (Å²) in [4.78, 5) is 12.6. The van der Waals surface area contributed by atoms with Crippen molar-refractivity contribution in [2.24, 2.45) is 17.1 Å². The maximum atomic E-state index is 12.6. The van der Waals surface area contributed by atoms with Gasteiger partial charge in [-0.3, -0.25) is 4.79 Å². The van der Waals surface area contributed by atoms with E-state index in [2.05, 4.69) is 20.8 Å². The molecule has 122 valence electrons. The van der Waals surface area contributed by atoms with Crippen molar-refractivity contribution in [2.75, 3.05) is 18.1 Å². The fourth-order valence-corrected chi connectivity index (χ4v) is 4.92. The molecule has 4 heteroatoms. The molecule has 0 bridgehead atoms. The first-order chi connectivity index (χ1) is 9.80. The Morgan fingerprint density at radius 1 is 1.38 bits per heavy atom. The maximum absolute atomic E-state index is 12.6. The lowest BCUT2D eigenvalue weighted by molar-refractivity contribution is -0.138. The van der Waals surface area contributed by atoms with Gasteiger partial charge in [-0.05, 0) is 49.0 Å². The van der Waals surface area contributed by atoms with Gasteiger partial charge in [0, 0.05) is 25.0 Å². The molecule has 2 N–H and O–H groups in total. The van der Waals surface area contributed by atoms with Crippen LogP contribution in [0.4, 0.5) is 0 Å². The number of ketones is 1. The van der Waals surface area contributed by atoms with Gasteiger partial charge < -0.3 is 10.5 Å². The molecule has 21 heavy (non-hydrogen) atoms. The van der Waals surface area contributed by atoms with Gasteiger partial charge in [-0.15, -0.1) is 0 Å². The SMILES string of the molecule is CC(C)(C)CC(N)CC(=O)C1CCOC2(CCSCC2)C1. The lowest BCUT2D eigenvalue weighted by Crippen LogP contribution is -2.45. The highest BCUT2D eigenvalue weighted by Crippen LogP contribution is 2.40. The Hall–Kier alpha value is -0.0600. The normalized spacial score (nSPS) is 27.5. The first-order valence-corrected chi connectivity index (χ1v) is 9.45. The van der Waals surface area contributed by atoms with Crippen LogP contribution in [0.3, 0.4) is 0 Å². The number of nitrogens with two attached hydrogens (primary N) is 1. The third-order valence-electron chi connectivity index (χ3n) is 4.69. The fourth-order valence-electron chi connectivity index (χ4n) is 3.68. The third-order valence-corrected chi connectivity index (χ3v) is 5.68. The lowest BCUT2D eigenvalue weighted by Gasteiger charge is -2.43. The van der Waals surface area contributed by atoms with Crippen molar-refractivity contribution in [3.8, 4) is 0 Å². The first kappa shape index (κ1) is 17.3. The largest absolute Gasteiger partial charge is 0.375 e. The minimum absolute atomic E-state index is 0.00166. The topological polar surface area (TPSA) is 52.3 Å². The van der Waals surface area contributed by atoms with Gasteiger partial charge in [0.15, 0.2) is 0 Å². The van der Waals surface area contributed by atoms with E-state index < -0.39 is 0 Å². The molecule has 0 aliphatic carbocycles. The molecule has 2 unspecified atom stereocenters. The molecular weight excluding hydrogens is 282 g/mol. The molecule has 3 nitrogen and oxygen atoms in total. The van der Waals surface area contributed by atoms with Crippen molar-refractivity contribution >= 4 is 17.5 Å². The van der Waals surface area contributed by atoms with Gasteiger partial charge in [0.2, 0.25) is 0 Å². The van der Waals surface area contributed by atoms with Gasteiger partial charge in [0.1, 0.15) is 5.78 Å². The van der Waals surface area contributed by atoms with Gasteiger partial charge in [-0.25, -0.2) is 0 Å². The van der Waals surface area contributed by atoms with Crippen LogP contribution >= 0.6 is 11.8 Å². The summed E-state index contributed by atoms with van der Waals surface area (Å²) >= 11 is 2.00. The number of Topliss-reactive ketones (excluding diaryl/α,β-unsaturated/α-hetero) is 1. The molecule has 0 aromatic heterocycles. The second kappa shape index (κ2) is 7.01. The summed E-state index contributed by atoms with van der Waals surface area (Å²) in [5.41, 5.74) is 6.37. The van der Waals surface area contributed by atoms with Crippen LogP contribution in [0.25, 0.3) is 0 Å². The summed E-state index contributed by atoms with van der Waals surface area (Å²) in [6.45, 7) is 7.29. The predicted molar refractivity (Wildman–Crippen MR) is 89.6 cm³/mol. The molecule has 2 aliphatic heterocycles. The molecule has 1 spiro atoms. The van der Waals surface area contributed by atoms with E-state index in [1.54, 1.807) is 0 Å². The summed E-state index contributed by atoms with van der Waals surface area (Å²) in [6, 6.07) is -0.00166. The Kier molecular flexibility index (Phi) is 5.77. The van der Waals surface area contributed by atoms with E-state index in [0.29, 0.717) is 12.2 Å². The third kappa shape index (κ3) is 5.26. The maximum Gasteiger partial charge on any atom is 0.137 e. The second-order valence-electron chi connectivity index (χ2n) is 8.03. The van der Waals surface area contributed by atoms with Crippen LogP contribution in [-0.2, 0) is 9.53 Å². The van der Waals surface area contributed by atoms with Crippen molar-refractivity contribution in [3.05, 3.63) is 0 Å². The summed E-state index contributed by atoms with van der Waals surface area (Å²) in [6.07, 6.45) is 5.46. The Balaban J connectivity index is 1.87. The van der Waals surface area contributed by atoms with E-state index >= 15 is 0 Å². The molecule has 2 aliphatic rings. The Labute approximate surface area is 133 Å². The Bertz CT molecular complexity index is 353. The van der Waals surface area contributed by atoms with Crippen LogP contribution in [0.2, 0.25) is 0 Å². The highest BCUT2D eigenvalue weighted by molar-refractivity contribution is 7.99. The summed E-state index contributed by atoms with van der Waals surface area (Å²) in [5, 5.41) is 0. The summed E-state index contributed by atoms with van der Waals surface area (Å²) in [5.74, 6) is 2.88. The van der Waals surface area contributed by atoms with Crippen LogP contribution in [0.1, 0.15) is 59.3 Å². The van der Waals surface area contributed by atoms with E-state index in [1.807, 2.05) is 11.8 Å². The highest BCUT2D eigenvalue weighted by atomic mass is 32.2. The fraction of sp³-hybridized carbons (Fsp3) is 0.941. The molecule has 2 heterocycles. The summed E-state index contributed by atoms with van der Waals surface area (Å²) < 4.78 is 6.08. The number of carbonyl (C=O) groups is 1. The van der Waals surface area contributed by atoms with Crippen molar-refractivity contribution in [1.82, 2.24) is 0 Å². The van der Waals surface area contributed by atoms with Crippen LogP contribution in [0.5, 0.6) is 0 Å². The number of rotatable bonds is 4. The molecule has 0 aromatic carbocycles. The van der Waals surface area contributed by atoms with Gasteiger partial charge >= 0.3 is 0 Å². The number of thioether (sulfide) groups is 1. The highest BCUT2D eigenvalue weighted by Gasteiger charge is 2.40. The Morgan fingerprint density at radius 2 is 2.05 bits per heavy atom. The molecule has 0 saturated carbocycles. The molecule has 0 aromatic rings. The minimum Gasteiger partial charge on any atom is -0.375 e. The van der Waals surface area contributed by atoms with Crippen molar-refractivity contribution < 1.29 is 9.53 Å². The monoisotopic (exact) mass is 313 g/mol. The van der Waals surface area contributed by atoms with E-state index in [4.69, 9.17) is 10.5 Å². The van der Waals surface area contributed by atoms with Crippen LogP contribution in [-0.4, -0.2) is 35.5 Å². The Morgan fingerprint density at radius 3 is 2.67 bits per heavy atom. The smallest absolute Gasteiger partial charge is 0.137 e. The zero-order valence-electron chi connectivity index (χ0n) is 13.8. The number of ether oxygens (including phenoxy) is 1. The van der Waals surface area contributed by atoms with Crippen LogP contribution in [0.15, 0.2) is 0 Å². The zero-order valence-corrected chi connectivity index (χ0v) is 14.6. The molecule has 2 atom stereocenters. The van der Waals surface area contributed by atoms with E-state index in [1.165, 1.54) is 11.5 Å². The molecule has 0 amide bonds. The van der Waals surface area contributed by atoms with Crippen molar-refractivity contribution in [3.63, 3.8) is 0 Å². The van der Waals surface area contributed by atoms with Crippen molar-refractivity contribution in [1.29, 1.82) is 0 Å². The quantitative estimate of drug-likeness (QED) is 0.864. The molecule has 0 radical (unpaired) electrons. The number of carbonyl (C=O) groups excluding carboxylic acids is 1. The molecule has 2 fully saturated rings. The van der Waals surface area contributed by atoms with Crippen molar-refractivity contribution in [2.45, 2.75) is 70.9 Å². The van der Waals surface area contributed by atoms with E-state index in [-0.39, 0.29) is 23.0 Å². The number of hydrogen-bond acceptors (Lipinski definition) is 4. The van der Waals surface area contributed by atoms with E-state index in [9.17, 15) is 4.79 Å². The average Bonchev–Trinajstić information content (AvgIpc) is 2.37. The minimum atomic E-state index is -0.00203. The van der Waals surface area contributed by atoms with Gasteiger partial charge in [-0.2, -0.15) is 11.8 Å². The second-order valence-corrected chi connectivity index (χ2v) is 9.25. The lowest BCUT2D eigenvalue weighted by atomic mass is 9.78. The average molecular weight is 314 g/mol. The summed E-state index contributed by atoms with van der Waals surface area (Å²) in [7, 11) is 0. The van der Waals surface area contributed by atoms with Crippen LogP contribution in [0, 0.1) is 11.3 Å². The zero-order chi connectivity index (χ0) is 15.5. The van der Waals surface area contributed by atoms with Gasteiger partial charge in [-0.1, -0.05) is 20.8 Å². The van der Waals surface area contributed by atoms with Gasteiger partial charge in [0.05, 0.1) is 5.60 Å². The van der Waals surface area contributed by atoms with Gasteiger partial charge in [0.25, 0.3) is 0 Å². The predicted octanol–water partition coefficient (Wildman–Crippen LogP) is 3.40. The first-order valence-electron chi connectivity index (χ1n) is 8.30. The molecule has 2 saturated heterocycles. The van der Waals surface area contributed by atoms with Crippen LogP contribution < -0.4 is 5.73 Å². The van der Waals surface area contributed by atoms with E-state index in [0.717, 1.165) is 38.7 Å².